The second-order valence-electron chi connectivity index (χ2n) is 2.09. The van der Waals surface area contributed by atoms with Crippen LogP contribution in [0.2, 0.25) is 0 Å². The fourth-order valence-electron chi connectivity index (χ4n) is 0.487. The molecule has 0 spiro atoms. The summed E-state index contributed by atoms with van der Waals surface area (Å²) in [6.07, 6.45) is -5.15. The summed E-state index contributed by atoms with van der Waals surface area (Å²) in [7, 11) is 0. The Labute approximate surface area is 62.9 Å². The average molecular weight is 165 g/mol. The third-order valence-electron chi connectivity index (χ3n) is 1.20. The molecule has 0 saturated heterocycles. The number of carbonyl (C=O) groups is 1. The van der Waals surface area contributed by atoms with Gasteiger partial charge in [0.05, 0.1) is 6.61 Å². The summed E-state index contributed by atoms with van der Waals surface area (Å²) in [6.45, 7) is -0.745. The highest BCUT2D eigenvalue weighted by Crippen LogP contribution is 1.98. The first kappa shape index (κ1) is 10.3. The van der Waals surface area contributed by atoms with Gasteiger partial charge in [-0.15, -0.1) is 0 Å². The summed E-state index contributed by atoms with van der Waals surface area (Å²) in [6, 6.07) is 0. The molecule has 0 unspecified atom stereocenters. The number of hydrogen-bond acceptors (Lipinski definition) is 5. The van der Waals surface area contributed by atoms with Crippen molar-refractivity contribution in [3.05, 3.63) is 0 Å². The number of nitrogens with two attached hydrogens (primary N) is 1. The molecule has 3 atom stereocenters. The maximum atomic E-state index is 10.2. The van der Waals surface area contributed by atoms with E-state index in [2.05, 4.69) is 5.73 Å². The number of aliphatic hydroxyl groups is 4. The lowest BCUT2D eigenvalue weighted by atomic mass is 10.1. The van der Waals surface area contributed by atoms with Crippen LogP contribution in [0, 0.1) is 0 Å². The van der Waals surface area contributed by atoms with E-state index in [1.165, 1.54) is 0 Å². The monoisotopic (exact) mass is 165 g/mol. The first-order valence-corrected chi connectivity index (χ1v) is 2.95. The van der Waals surface area contributed by atoms with Crippen molar-refractivity contribution >= 4 is 5.91 Å². The number of aliphatic hydroxyl groups excluding tert-OH is 4. The van der Waals surface area contributed by atoms with Crippen LogP contribution >= 0.6 is 0 Å². The molecule has 0 heterocycles. The molecule has 0 aromatic carbocycles. The van der Waals surface area contributed by atoms with E-state index < -0.39 is 30.8 Å². The van der Waals surface area contributed by atoms with E-state index in [-0.39, 0.29) is 0 Å². The van der Waals surface area contributed by atoms with Gasteiger partial charge in [0.25, 0.3) is 0 Å². The first-order chi connectivity index (χ1) is 5.00. The minimum Gasteiger partial charge on any atom is -0.394 e. The van der Waals surface area contributed by atoms with E-state index in [4.69, 9.17) is 20.4 Å². The maximum absolute atomic E-state index is 10.2. The van der Waals surface area contributed by atoms with Gasteiger partial charge in [0.2, 0.25) is 5.91 Å². The lowest BCUT2D eigenvalue weighted by Crippen LogP contribution is -2.46. The molecular formula is C5H11NO5. The van der Waals surface area contributed by atoms with Gasteiger partial charge in [0, 0.05) is 0 Å². The largest absolute Gasteiger partial charge is 0.394 e. The molecule has 0 rings (SSSR count). The Morgan fingerprint density at radius 1 is 1.36 bits per heavy atom. The molecule has 0 aromatic rings. The molecule has 0 saturated carbocycles. The highest BCUT2D eigenvalue weighted by Gasteiger charge is 2.27. The highest BCUT2D eigenvalue weighted by atomic mass is 16.4. The predicted molar refractivity (Wildman–Crippen MR) is 34.3 cm³/mol. The molecular weight excluding hydrogens is 154 g/mol. The van der Waals surface area contributed by atoms with Crippen molar-refractivity contribution in [3.63, 3.8) is 0 Å². The molecule has 0 fully saturated rings. The van der Waals surface area contributed by atoms with Crippen LogP contribution in [-0.4, -0.2) is 51.3 Å². The van der Waals surface area contributed by atoms with E-state index in [0.29, 0.717) is 0 Å². The van der Waals surface area contributed by atoms with Gasteiger partial charge in [0.1, 0.15) is 12.2 Å². The average Bonchev–Trinajstić information content (AvgIpc) is 2.00. The zero-order valence-electron chi connectivity index (χ0n) is 5.71. The number of carbonyl (C=O) groups excluding carboxylic acids is 1. The van der Waals surface area contributed by atoms with Gasteiger partial charge in [-0.1, -0.05) is 0 Å². The Bertz CT molecular complexity index is 139. The molecule has 0 aliphatic rings. The number of amides is 1. The molecule has 6 N–H and O–H groups in total. The molecule has 1 amide bonds. The quantitative estimate of drug-likeness (QED) is 0.296. The van der Waals surface area contributed by atoms with Gasteiger partial charge >= 0.3 is 0 Å². The molecule has 0 bridgehead atoms. The Morgan fingerprint density at radius 2 is 1.82 bits per heavy atom. The fraction of sp³-hybridized carbons (Fsp3) is 0.800. The third kappa shape index (κ3) is 2.81. The topological polar surface area (TPSA) is 124 Å². The SMILES string of the molecule is NC(=O)[C@@H](O)[C@@H](O)[C@H](O)CO. The van der Waals surface area contributed by atoms with Gasteiger partial charge in [-0.3, -0.25) is 4.79 Å². The number of hydrogen-bond donors (Lipinski definition) is 5. The van der Waals surface area contributed by atoms with Crippen molar-refractivity contribution in [2.45, 2.75) is 18.3 Å². The van der Waals surface area contributed by atoms with Crippen LogP contribution in [0.5, 0.6) is 0 Å². The Balaban J connectivity index is 4.00. The van der Waals surface area contributed by atoms with Gasteiger partial charge in [-0.2, -0.15) is 0 Å². The zero-order valence-corrected chi connectivity index (χ0v) is 5.71. The normalized spacial score (nSPS) is 18.9. The number of primary amides is 1. The van der Waals surface area contributed by atoms with Crippen LogP contribution in [-0.2, 0) is 4.79 Å². The zero-order chi connectivity index (χ0) is 9.02. The lowest BCUT2D eigenvalue weighted by molar-refractivity contribution is -0.139. The Morgan fingerprint density at radius 3 is 2.09 bits per heavy atom. The molecule has 66 valence electrons. The molecule has 11 heavy (non-hydrogen) atoms. The summed E-state index contributed by atoms with van der Waals surface area (Å²) < 4.78 is 0. The molecule has 0 aromatic heterocycles. The van der Waals surface area contributed by atoms with Crippen molar-refractivity contribution < 1.29 is 25.2 Å². The second-order valence-corrected chi connectivity index (χ2v) is 2.09. The van der Waals surface area contributed by atoms with Gasteiger partial charge in [-0.25, -0.2) is 0 Å². The predicted octanol–water partition coefficient (Wildman–Crippen LogP) is -3.45. The third-order valence-corrected chi connectivity index (χ3v) is 1.20. The van der Waals surface area contributed by atoms with Crippen molar-refractivity contribution in [1.82, 2.24) is 0 Å². The van der Waals surface area contributed by atoms with E-state index >= 15 is 0 Å². The summed E-state index contributed by atoms with van der Waals surface area (Å²) in [5.74, 6) is -1.15. The summed E-state index contributed by atoms with van der Waals surface area (Å²) in [5, 5.41) is 34.4. The summed E-state index contributed by atoms with van der Waals surface area (Å²) in [5.41, 5.74) is 4.59. The van der Waals surface area contributed by atoms with Gasteiger partial charge in [-0.05, 0) is 0 Å². The van der Waals surface area contributed by atoms with E-state index in [9.17, 15) is 4.79 Å². The molecule has 6 nitrogen and oxygen atoms in total. The standard InChI is InChI=1S/C5H11NO5/c6-5(11)4(10)3(9)2(8)1-7/h2-4,7-10H,1H2,(H2,6,11)/t2-,3+,4+/m1/s1. The number of rotatable bonds is 4. The van der Waals surface area contributed by atoms with Crippen molar-refractivity contribution in [1.29, 1.82) is 0 Å². The van der Waals surface area contributed by atoms with Crippen LogP contribution in [0.4, 0.5) is 0 Å². The smallest absolute Gasteiger partial charge is 0.249 e. The first-order valence-electron chi connectivity index (χ1n) is 2.95. The van der Waals surface area contributed by atoms with Crippen LogP contribution in [0.15, 0.2) is 0 Å². The maximum Gasteiger partial charge on any atom is 0.249 e. The van der Waals surface area contributed by atoms with E-state index in [1.54, 1.807) is 0 Å². The van der Waals surface area contributed by atoms with Crippen molar-refractivity contribution in [3.8, 4) is 0 Å². The van der Waals surface area contributed by atoms with E-state index in [0.717, 1.165) is 0 Å². The molecule has 0 aliphatic heterocycles. The van der Waals surface area contributed by atoms with Crippen molar-refractivity contribution in [2.75, 3.05) is 6.61 Å². The summed E-state index contributed by atoms with van der Waals surface area (Å²) >= 11 is 0. The van der Waals surface area contributed by atoms with E-state index in [1.807, 2.05) is 0 Å². The van der Waals surface area contributed by atoms with Gasteiger partial charge in [0.15, 0.2) is 6.10 Å². The molecule has 0 aliphatic carbocycles. The lowest BCUT2D eigenvalue weighted by Gasteiger charge is -2.18. The van der Waals surface area contributed by atoms with Crippen LogP contribution in [0.25, 0.3) is 0 Å². The van der Waals surface area contributed by atoms with Gasteiger partial charge < -0.3 is 26.2 Å². The van der Waals surface area contributed by atoms with Crippen LogP contribution in [0.1, 0.15) is 0 Å². The minimum absolute atomic E-state index is 0.745. The Hall–Kier alpha value is -0.690. The second kappa shape index (κ2) is 4.24. The van der Waals surface area contributed by atoms with Crippen LogP contribution in [0.3, 0.4) is 0 Å². The highest BCUT2D eigenvalue weighted by molar-refractivity contribution is 5.79. The molecule has 6 heteroatoms. The van der Waals surface area contributed by atoms with Crippen LogP contribution < -0.4 is 5.73 Å². The van der Waals surface area contributed by atoms with Crippen molar-refractivity contribution in [2.24, 2.45) is 5.73 Å². The Kier molecular flexibility index (Phi) is 3.98. The molecule has 0 radical (unpaired) electrons. The fourth-order valence-corrected chi connectivity index (χ4v) is 0.487. The minimum atomic E-state index is -1.85. The summed E-state index contributed by atoms with van der Waals surface area (Å²) in [4.78, 5) is 10.2.